The van der Waals surface area contributed by atoms with E-state index in [1.165, 1.54) is 4.90 Å². The van der Waals surface area contributed by atoms with E-state index in [4.69, 9.17) is 4.74 Å². The quantitative estimate of drug-likeness (QED) is 0.815. The summed E-state index contributed by atoms with van der Waals surface area (Å²) < 4.78 is 5.33. The maximum atomic E-state index is 12.2. The lowest BCUT2D eigenvalue weighted by atomic mass is 10.1. The highest BCUT2D eigenvalue weighted by Gasteiger charge is 2.20. The summed E-state index contributed by atoms with van der Waals surface area (Å²) in [7, 11) is 1.70. The number of hydrogen-bond donors (Lipinski definition) is 2. The van der Waals surface area contributed by atoms with Gasteiger partial charge in [-0.15, -0.1) is 0 Å². The molecule has 27 heavy (non-hydrogen) atoms. The van der Waals surface area contributed by atoms with Crippen LogP contribution in [0.2, 0.25) is 0 Å². The second-order valence-corrected chi connectivity index (χ2v) is 7.83. The van der Waals surface area contributed by atoms with Gasteiger partial charge in [0.2, 0.25) is 0 Å². The van der Waals surface area contributed by atoms with Gasteiger partial charge in [-0.25, -0.2) is 9.59 Å². The summed E-state index contributed by atoms with van der Waals surface area (Å²) in [6.07, 6.45) is -0.366. The van der Waals surface area contributed by atoms with Crippen molar-refractivity contribution in [3.63, 3.8) is 0 Å². The summed E-state index contributed by atoms with van der Waals surface area (Å²) in [4.78, 5) is 25.8. The standard InChI is InChI=1S/C21H29N3O3/c1-15(14-24(5)20(26)27-21(2,3)4)13-22-19(25)23-18-12-8-10-16-9-6-7-11-17(16)18/h6-12,15H,13-14H2,1-5H3,(H2,22,23,25). The summed E-state index contributed by atoms with van der Waals surface area (Å²) in [6, 6.07) is 13.4. The second-order valence-electron chi connectivity index (χ2n) is 7.83. The number of carbonyl (C=O) groups is 2. The topological polar surface area (TPSA) is 70.7 Å². The van der Waals surface area contributed by atoms with E-state index < -0.39 is 5.60 Å². The summed E-state index contributed by atoms with van der Waals surface area (Å²) in [5.41, 5.74) is 0.245. The number of rotatable bonds is 5. The van der Waals surface area contributed by atoms with Crippen LogP contribution in [0.15, 0.2) is 42.5 Å². The molecule has 1 unspecified atom stereocenters. The van der Waals surface area contributed by atoms with Crippen molar-refractivity contribution in [1.82, 2.24) is 10.2 Å². The number of hydrogen-bond acceptors (Lipinski definition) is 3. The first kappa shape index (κ1) is 20.6. The number of amides is 3. The Bertz CT molecular complexity index is 793. The average molecular weight is 371 g/mol. The van der Waals surface area contributed by atoms with Crippen molar-refractivity contribution in [2.45, 2.75) is 33.3 Å². The van der Waals surface area contributed by atoms with E-state index in [-0.39, 0.29) is 18.0 Å². The van der Waals surface area contributed by atoms with E-state index in [0.717, 1.165) is 16.5 Å². The Morgan fingerprint density at radius 3 is 2.48 bits per heavy atom. The Hall–Kier alpha value is -2.76. The highest BCUT2D eigenvalue weighted by molar-refractivity contribution is 6.01. The van der Waals surface area contributed by atoms with Crippen LogP contribution in [0.4, 0.5) is 15.3 Å². The van der Waals surface area contributed by atoms with Crippen molar-refractivity contribution in [3.8, 4) is 0 Å². The number of nitrogens with zero attached hydrogens (tertiary/aromatic N) is 1. The molecule has 1 atom stereocenters. The monoisotopic (exact) mass is 371 g/mol. The molecule has 0 saturated carbocycles. The molecule has 2 N–H and O–H groups in total. The van der Waals surface area contributed by atoms with Crippen molar-refractivity contribution in [2.24, 2.45) is 5.92 Å². The van der Waals surface area contributed by atoms with Gasteiger partial charge in [0.05, 0.1) is 5.69 Å². The zero-order valence-electron chi connectivity index (χ0n) is 16.7. The smallest absolute Gasteiger partial charge is 0.410 e. The molecule has 3 amide bonds. The van der Waals surface area contributed by atoms with Crippen LogP contribution in [-0.4, -0.2) is 42.8 Å². The molecule has 0 aliphatic carbocycles. The SMILES string of the molecule is CC(CNC(=O)Nc1cccc2ccccc12)CN(C)C(=O)OC(C)(C)C. The average Bonchev–Trinajstić information content (AvgIpc) is 2.59. The minimum atomic E-state index is -0.523. The van der Waals surface area contributed by atoms with E-state index in [1.54, 1.807) is 7.05 Å². The van der Waals surface area contributed by atoms with Crippen LogP contribution in [0, 0.1) is 5.92 Å². The van der Waals surface area contributed by atoms with Crippen LogP contribution in [-0.2, 0) is 4.74 Å². The van der Waals surface area contributed by atoms with Gasteiger partial charge in [-0.2, -0.15) is 0 Å². The Balaban J connectivity index is 1.83. The largest absolute Gasteiger partial charge is 0.444 e. The van der Waals surface area contributed by atoms with Gasteiger partial charge in [-0.3, -0.25) is 0 Å². The number of urea groups is 1. The molecule has 0 spiro atoms. The summed E-state index contributed by atoms with van der Waals surface area (Å²) in [5, 5.41) is 7.82. The molecule has 0 aliphatic rings. The first-order valence-corrected chi connectivity index (χ1v) is 9.12. The van der Waals surface area contributed by atoms with Gasteiger partial charge in [-0.05, 0) is 38.1 Å². The molecule has 0 radical (unpaired) electrons. The van der Waals surface area contributed by atoms with Crippen LogP contribution in [0.5, 0.6) is 0 Å². The van der Waals surface area contributed by atoms with Crippen molar-refractivity contribution in [1.29, 1.82) is 0 Å². The molecular weight excluding hydrogens is 342 g/mol. The maximum Gasteiger partial charge on any atom is 0.410 e. The fourth-order valence-corrected chi connectivity index (χ4v) is 2.71. The van der Waals surface area contributed by atoms with Crippen LogP contribution < -0.4 is 10.6 Å². The van der Waals surface area contributed by atoms with Crippen molar-refractivity contribution < 1.29 is 14.3 Å². The lowest BCUT2D eigenvalue weighted by molar-refractivity contribution is 0.0278. The Kier molecular flexibility index (Phi) is 6.66. The number of benzene rings is 2. The molecule has 2 aromatic rings. The minimum Gasteiger partial charge on any atom is -0.444 e. The van der Waals surface area contributed by atoms with Crippen molar-refractivity contribution in [3.05, 3.63) is 42.5 Å². The molecule has 2 rings (SSSR count). The number of fused-ring (bicyclic) bond motifs is 1. The Morgan fingerprint density at radius 1 is 1.11 bits per heavy atom. The van der Waals surface area contributed by atoms with Gasteiger partial charge >= 0.3 is 12.1 Å². The third-order valence-electron chi connectivity index (χ3n) is 3.94. The van der Waals surface area contributed by atoms with Crippen molar-refractivity contribution in [2.75, 3.05) is 25.5 Å². The summed E-state index contributed by atoms with van der Waals surface area (Å²) >= 11 is 0. The van der Waals surface area contributed by atoms with Crippen LogP contribution in [0.3, 0.4) is 0 Å². The van der Waals surface area contributed by atoms with Gasteiger partial charge in [0.25, 0.3) is 0 Å². The molecule has 0 heterocycles. The zero-order chi connectivity index (χ0) is 20.0. The van der Waals surface area contributed by atoms with Gasteiger partial charge < -0.3 is 20.3 Å². The number of nitrogens with one attached hydrogen (secondary N) is 2. The first-order valence-electron chi connectivity index (χ1n) is 9.12. The molecule has 0 aliphatic heterocycles. The van der Waals surface area contributed by atoms with Crippen LogP contribution in [0.25, 0.3) is 10.8 Å². The molecule has 6 heteroatoms. The minimum absolute atomic E-state index is 0.0841. The van der Waals surface area contributed by atoms with Gasteiger partial charge in [0.1, 0.15) is 5.60 Å². The highest BCUT2D eigenvalue weighted by atomic mass is 16.6. The third-order valence-corrected chi connectivity index (χ3v) is 3.94. The first-order chi connectivity index (χ1) is 12.7. The molecule has 0 bridgehead atoms. The third kappa shape index (κ3) is 6.47. The predicted molar refractivity (Wildman–Crippen MR) is 109 cm³/mol. The lowest BCUT2D eigenvalue weighted by Gasteiger charge is -2.26. The molecular formula is C21H29N3O3. The van der Waals surface area contributed by atoms with Gasteiger partial charge in [0, 0.05) is 25.5 Å². The van der Waals surface area contributed by atoms with E-state index in [1.807, 2.05) is 70.2 Å². The molecule has 2 aromatic carbocycles. The Morgan fingerprint density at radius 2 is 1.78 bits per heavy atom. The fourth-order valence-electron chi connectivity index (χ4n) is 2.71. The number of ether oxygens (including phenoxy) is 1. The van der Waals surface area contributed by atoms with E-state index in [2.05, 4.69) is 10.6 Å². The van der Waals surface area contributed by atoms with Crippen molar-refractivity contribution >= 4 is 28.6 Å². The normalized spacial score (nSPS) is 12.3. The number of anilines is 1. The van der Waals surface area contributed by atoms with Crippen LogP contribution in [0.1, 0.15) is 27.7 Å². The highest BCUT2D eigenvalue weighted by Crippen LogP contribution is 2.22. The van der Waals surface area contributed by atoms with E-state index in [0.29, 0.717) is 13.1 Å². The number of carbonyl (C=O) groups excluding carboxylic acids is 2. The fraction of sp³-hybridized carbons (Fsp3) is 0.429. The summed E-state index contributed by atoms with van der Waals surface area (Å²) in [6.45, 7) is 8.41. The van der Waals surface area contributed by atoms with Crippen LogP contribution >= 0.6 is 0 Å². The molecule has 0 saturated heterocycles. The second kappa shape index (κ2) is 8.75. The summed E-state index contributed by atoms with van der Waals surface area (Å²) in [5.74, 6) is 0.0841. The van der Waals surface area contributed by atoms with E-state index in [9.17, 15) is 9.59 Å². The van der Waals surface area contributed by atoms with Gasteiger partial charge in [0.15, 0.2) is 0 Å². The molecule has 0 aromatic heterocycles. The molecule has 0 fully saturated rings. The molecule has 6 nitrogen and oxygen atoms in total. The lowest BCUT2D eigenvalue weighted by Crippen LogP contribution is -2.40. The van der Waals surface area contributed by atoms with Gasteiger partial charge in [-0.1, -0.05) is 43.3 Å². The maximum absolute atomic E-state index is 12.2. The zero-order valence-corrected chi connectivity index (χ0v) is 16.7. The molecule has 146 valence electrons. The Labute approximate surface area is 160 Å². The predicted octanol–water partition coefficient (Wildman–Crippen LogP) is 4.46. The van der Waals surface area contributed by atoms with E-state index >= 15 is 0 Å².